The number of hydrogen-bond acceptors (Lipinski definition) is 2. The lowest BCUT2D eigenvalue weighted by Crippen LogP contribution is -2.20. The minimum absolute atomic E-state index is 0.400. The third-order valence-corrected chi connectivity index (χ3v) is 1.38. The molecule has 0 aliphatic rings. The van der Waals surface area contributed by atoms with Crippen molar-refractivity contribution >= 4 is 5.91 Å². The predicted molar refractivity (Wildman–Crippen MR) is 46.1 cm³/mol. The average Bonchev–Trinajstić information content (AvgIpc) is 1.97. The topological polar surface area (TPSA) is 55.1 Å². The van der Waals surface area contributed by atoms with Crippen LogP contribution in [0.25, 0.3) is 0 Å². The minimum atomic E-state index is -0.400. The van der Waals surface area contributed by atoms with E-state index in [1.165, 1.54) is 0 Å². The Bertz CT molecular complexity index is 143. The summed E-state index contributed by atoms with van der Waals surface area (Å²) in [6, 6.07) is 0. The van der Waals surface area contributed by atoms with Gasteiger partial charge in [-0.05, 0) is 25.9 Å². The van der Waals surface area contributed by atoms with Crippen molar-refractivity contribution in [1.29, 1.82) is 0 Å². The van der Waals surface area contributed by atoms with Gasteiger partial charge in [0.2, 0.25) is 5.91 Å². The summed E-state index contributed by atoms with van der Waals surface area (Å²) in [6.45, 7) is 7.40. The van der Waals surface area contributed by atoms with Gasteiger partial charge in [-0.25, -0.2) is 0 Å². The molecule has 3 nitrogen and oxygen atoms in total. The Kier molecular flexibility index (Phi) is 5.47. The first kappa shape index (κ1) is 10.2. The van der Waals surface area contributed by atoms with Crippen molar-refractivity contribution in [2.24, 2.45) is 5.73 Å². The summed E-state index contributed by atoms with van der Waals surface area (Å²) in [7, 11) is 0. The number of carbonyl (C=O) groups excluding carboxylic acids is 1. The van der Waals surface area contributed by atoms with Gasteiger partial charge in [-0.2, -0.15) is 0 Å². The second-order valence-electron chi connectivity index (χ2n) is 2.47. The van der Waals surface area contributed by atoms with Crippen LogP contribution >= 0.6 is 0 Å². The number of amides is 1. The molecule has 0 atom stereocenters. The monoisotopic (exact) mass is 156 g/mol. The van der Waals surface area contributed by atoms with Gasteiger partial charge < -0.3 is 11.1 Å². The maximum absolute atomic E-state index is 10.5. The summed E-state index contributed by atoms with van der Waals surface area (Å²) < 4.78 is 0. The van der Waals surface area contributed by atoms with Gasteiger partial charge in [-0.1, -0.05) is 13.5 Å². The van der Waals surface area contributed by atoms with Crippen LogP contribution in [0.1, 0.15) is 19.8 Å². The van der Waals surface area contributed by atoms with Crippen LogP contribution in [0.3, 0.4) is 0 Å². The van der Waals surface area contributed by atoms with Crippen molar-refractivity contribution < 1.29 is 4.79 Å². The summed E-state index contributed by atoms with van der Waals surface area (Å²) in [5.74, 6) is -0.400. The van der Waals surface area contributed by atoms with E-state index in [2.05, 4.69) is 18.8 Å². The first-order valence-corrected chi connectivity index (χ1v) is 3.86. The highest BCUT2D eigenvalue weighted by molar-refractivity contribution is 5.91. The molecule has 3 heteroatoms. The molecule has 0 bridgehead atoms. The van der Waals surface area contributed by atoms with E-state index in [-0.39, 0.29) is 0 Å². The summed E-state index contributed by atoms with van der Waals surface area (Å²) >= 11 is 0. The first-order valence-electron chi connectivity index (χ1n) is 3.86. The van der Waals surface area contributed by atoms with E-state index >= 15 is 0 Å². The van der Waals surface area contributed by atoms with Gasteiger partial charge >= 0.3 is 0 Å². The fraction of sp³-hybridized carbons (Fsp3) is 0.625. The molecule has 0 unspecified atom stereocenters. The van der Waals surface area contributed by atoms with Gasteiger partial charge in [0.05, 0.1) is 0 Å². The molecule has 0 saturated heterocycles. The number of hydrogen-bond donors (Lipinski definition) is 2. The Morgan fingerprint density at radius 1 is 1.55 bits per heavy atom. The molecule has 0 aromatic rings. The molecule has 0 heterocycles. The molecular weight excluding hydrogens is 140 g/mol. The molecule has 0 aliphatic carbocycles. The van der Waals surface area contributed by atoms with Gasteiger partial charge in [0.25, 0.3) is 0 Å². The van der Waals surface area contributed by atoms with Gasteiger partial charge in [0.15, 0.2) is 0 Å². The zero-order chi connectivity index (χ0) is 8.69. The molecule has 11 heavy (non-hydrogen) atoms. The average molecular weight is 156 g/mol. The number of carbonyl (C=O) groups is 1. The molecular formula is C8H16N2O. The van der Waals surface area contributed by atoms with Crippen LogP contribution in [0.2, 0.25) is 0 Å². The van der Waals surface area contributed by atoms with E-state index in [1.54, 1.807) is 0 Å². The van der Waals surface area contributed by atoms with Crippen LogP contribution in [0, 0.1) is 0 Å². The lowest BCUT2D eigenvalue weighted by Gasteiger charge is -2.02. The highest BCUT2D eigenvalue weighted by atomic mass is 16.1. The fourth-order valence-electron chi connectivity index (χ4n) is 0.664. The molecule has 0 radical (unpaired) electrons. The summed E-state index contributed by atoms with van der Waals surface area (Å²) in [6.07, 6.45) is 1.75. The van der Waals surface area contributed by atoms with Crippen LogP contribution < -0.4 is 11.1 Å². The maximum Gasteiger partial charge on any atom is 0.244 e. The Hall–Kier alpha value is -0.830. The fourth-order valence-corrected chi connectivity index (χ4v) is 0.664. The Morgan fingerprint density at radius 3 is 2.64 bits per heavy atom. The van der Waals surface area contributed by atoms with Crippen LogP contribution in [0.4, 0.5) is 0 Å². The second kappa shape index (κ2) is 5.92. The largest absolute Gasteiger partial charge is 0.366 e. The molecule has 0 aromatic carbocycles. The zero-order valence-electron chi connectivity index (χ0n) is 7.02. The van der Waals surface area contributed by atoms with Crippen LogP contribution in [0.15, 0.2) is 12.2 Å². The van der Waals surface area contributed by atoms with E-state index in [4.69, 9.17) is 5.73 Å². The normalized spacial score (nSPS) is 9.55. The van der Waals surface area contributed by atoms with Crippen LogP contribution in [-0.2, 0) is 4.79 Å². The third-order valence-electron chi connectivity index (χ3n) is 1.38. The maximum atomic E-state index is 10.5. The smallest absolute Gasteiger partial charge is 0.244 e. The van der Waals surface area contributed by atoms with E-state index in [1.807, 2.05) is 0 Å². The number of primary amides is 1. The Morgan fingerprint density at radius 2 is 2.18 bits per heavy atom. The van der Waals surface area contributed by atoms with Gasteiger partial charge in [-0.15, -0.1) is 0 Å². The van der Waals surface area contributed by atoms with E-state index in [0.717, 1.165) is 19.5 Å². The molecule has 0 saturated carbocycles. The number of rotatable bonds is 6. The standard InChI is InChI=1S/C8H16N2O/c1-3-5-10-6-4-7(2)8(9)11/h10H,2-6H2,1H3,(H2,9,11). The van der Waals surface area contributed by atoms with Gasteiger partial charge in [0.1, 0.15) is 0 Å². The molecule has 0 spiro atoms. The van der Waals surface area contributed by atoms with Crippen LogP contribution in [0.5, 0.6) is 0 Å². The lowest BCUT2D eigenvalue weighted by molar-refractivity contribution is -0.114. The van der Waals surface area contributed by atoms with Crippen molar-refractivity contribution in [3.05, 3.63) is 12.2 Å². The Labute approximate surface area is 67.7 Å². The van der Waals surface area contributed by atoms with Crippen molar-refractivity contribution in [2.75, 3.05) is 13.1 Å². The van der Waals surface area contributed by atoms with E-state index in [0.29, 0.717) is 12.0 Å². The molecule has 0 aromatic heterocycles. The quantitative estimate of drug-likeness (QED) is 0.432. The van der Waals surface area contributed by atoms with Gasteiger partial charge in [0, 0.05) is 5.57 Å². The summed E-state index contributed by atoms with van der Waals surface area (Å²) in [5, 5.41) is 3.15. The van der Waals surface area contributed by atoms with Crippen molar-refractivity contribution in [1.82, 2.24) is 5.32 Å². The van der Waals surface area contributed by atoms with Crippen molar-refractivity contribution in [3.8, 4) is 0 Å². The minimum Gasteiger partial charge on any atom is -0.366 e. The van der Waals surface area contributed by atoms with Crippen molar-refractivity contribution in [3.63, 3.8) is 0 Å². The van der Waals surface area contributed by atoms with Crippen LogP contribution in [-0.4, -0.2) is 19.0 Å². The molecule has 0 aliphatic heterocycles. The molecule has 0 rings (SSSR count). The highest BCUT2D eigenvalue weighted by Crippen LogP contribution is 1.93. The first-order chi connectivity index (χ1) is 5.18. The van der Waals surface area contributed by atoms with E-state index in [9.17, 15) is 4.79 Å². The second-order valence-corrected chi connectivity index (χ2v) is 2.47. The third kappa shape index (κ3) is 5.61. The molecule has 1 amide bonds. The molecule has 3 N–H and O–H groups in total. The SMILES string of the molecule is C=C(CCNCCC)C(N)=O. The predicted octanol–water partition coefficient (Wildman–Crippen LogP) is 0.418. The number of nitrogens with one attached hydrogen (secondary N) is 1. The molecule has 0 fully saturated rings. The zero-order valence-corrected chi connectivity index (χ0v) is 7.02. The lowest BCUT2D eigenvalue weighted by atomic mass is 10.2. The highest BCUT2D eigenvalue weighted by Gasteiger charge is 1.98. The van der Waals surface area contributed by atoms with E-state index < -0.39 is 5.91 Å². The van der Waals surface area contributed by atoms with Crippen molar-refractivity contribution in [2.45, 2.75) is 19.8 Å². The van der Waals surface area contributed by atoms with Gasteiger partial charge in [-0.3, -0.25) is 4.79 Å². The number of nitrogens with two attached hydrogens (primary N) is 1. The summed E-state index contributed by atoms with van der Waals surface area (Å²) in [5.41, 5.74) is 5.48. The molecule has 64 valence electrons. The summed E-state index contributed by atoms with van der Waals surface area (Å²) in [4.78, 5) is 10.5. The Balaban J connectivity index is 3.25.